The van der Waals surface area contributed by atoms with Gasteiger partial charge in [0.15, 0.2) is 0 Å². The predicted molar refractivity (Wildman–Crippen MR) is 133 cm³/mol. The van der Waals surface area contributed by atoms with E-state index < -0.39 is 11.0 Å². The van der Waals surface area contributed by atoms with Gasteiger partial charge in [-0.2, -0.15) is 0 Å². The molecule has 1 fully saturated rings. The number of carbonyl (C=O) groups is 2. The molecule has 3 aliphatic rings. The van der Waals surface area contributed by atoms with Crippen molar-refractivity contribution in [3.05, 3.63) is 47.7 Å². The summed E-state index contributed by atoms with van der Waals surface area (Å²) in [6.45, 7) is 8.75. The fourth-order valence-corrected chi connectivity index (χ4v) is 5.21. The highest BCUT2D eigenvalue weighted by Crippen LogP contribution is 2.47. The Labute approximate surface area is 200 Å². The van der Waals surface area contributed by atoms with Crippen LogP contribution in [0.4, 0.5) is 4.79 Å². The van der Waals surface area contributed by atoms with Gasteiger partial charge < -0.3 is 15.0 Å². The normalized spacial score (nSPS) is 24.9. The van der Waals surface area contributed by atoms with Crippen molar-refractivity contribution in [1.82, 2.24) is 15.2 Å². The van der Waals surface area contributed by atoms with Gasteiger partial charge >= 0.3 is 6.09 Å². The van der Waals surface area contributed by atoms with Gasteiger partial charge in [-0.05, 0) is 64.2 Å². The Bertz CT molecular complexity index is 1180. The van der Waals surface area contributed by atoms with Crippen LogP contribution in [0.3, 0.4) is 0 Å². The molecule has 0 saturated heterocycles. The molecule has 2 atom stereocenters. The van der Waals surface area contributed by atoms with Gasteiger partial charge in [-0.15, -0.1) is 0 Å². The lowest BCUT2D eigenvalue weighted by molar-refractivity contribution is -0.115. The van der Waals surface area contributed by atoms with Crippen LogP contribution in [0.5, 0.6) is 0 Å². The van der Waals surface area contributed by atoms with Crippen LogP contribution >= 0.6 is 0 Å². The molecule has 34 heavy (non-hydrogen) atoms. The van der Waals surface area contributed by atoms with Gasteiger partial charge in [0.1, 0.15) is 11.3 Å². The average molecular weight is 463 g/mol. The molecule has 180 valence electrons. The summed E-state index contributed by atoms with van der Waals surface area (Å²) in [7, 11) is 0. The Kier molecular flexibility index (Phi) is 5.53. The maximum absolute atomic E-state index is 13.3. The van der Waals surface area contributed by atoms with E-state index in [0.717, 1.165) is 30.5 Å². The Morgan fingerprint density at radius 1 is 1.24 bits per heavy atom. The molecular formula is C27H34N4O3. The van der Waals surface area contributed by atoms with Crippen LogP contribution in [-0.4, -0.2) is 52.3 Å². The van der Waals surface area contributed by atoms with Crippen molar-refractivity contribution in [3.8, 4) is 0 Å². The minimum atomic E-state index is -0.587. The van der Waals surface area contributed by atoms with E-state index in [4.69, 9.17) is 4.74 Å². The van der Waals surface area contributed by atoms with Gasteiger partial charge in [-0.1, -0.05) is 31.2 Å². The van der Waals surface area contributed by atoms with Gasteiger partial charge in [-0.3, -0.25) is 14.7 Å². The first-order valence-electron chi connectivity index (χ1n) is 12.3. The third-order valence-corrected chi connectivity index (χ3v) is 7.17. The fraction of sp³-hybridized carbons (Fsp3) is 0.519. The van der Waals surface area contributed by atoms with Crippen LogP contribution in [0.25, 0.3) is 10.9 Å². The summed E-state index contributed by atoms with van der Waals surface area (Å²) in [5.74, 6) is -0.109. The number of aliphatic imine (C=N–C) groups is 1. The molecule has 1 aromatic heterocycles. The number of carbonyl (C=O) groups excluding carboxylic acids is 2. The Balaban J connectivity index is 1.49. The molecule has 0 bridgehead atoms. The molecule has 2 aliphatic heterocycles. The van der Waals surface area contributed by atoms with Crippen LogP contribution < -0.4 is 5.32 Å². The van der Waals surface area contributed by atoms with Crippen molar-refractivity contribution in [2.24, 2.45) is 10.4 Å². The SMILES string of the molecule is CC(C)(C)OC(=O)N1CCc2c([nH]c3ccccc23)[C@@H]1C1(C)C=CC(C(=O)NC2CCC2)=NC1. The topological polar surface area (TPSA) is 86.8 Å². The molecule has 7 heteroatoms. The van der Waals surface area contributed by atoms with Gasteiger partial charge in [0.25, 0.3) is 5.91 Å². The number of benzene rings is 1. The molecule has 1 aromatic carbocycles. The molecule has 2 aromatic rings. The maximum atomic E-state index is 13.3. The molecule has 2 amide bonds. The molecule has 5 rings (SSSR count). The highest BCUT2D eigenvalue weighted by molar-refractivity contribution is 6.43. The number of para-hydroxylation sites is 1. The van der Waals surface area contributed by atoms with Gasteiger partial charge in [-0.25, -0.2) is 4.79 Å². The van der Waals surface area contributed by atoms with E-state index in [1.165, 1.54) is 17.4 Å². The van der Waals surface area contributed by atoms with Gasteiger partial charge in [0.2, 0.25) is 0 Å². The lowest BCUT2D eigenvalue weighted by atomic mass is 9.75. The molecule has 0 radical (unpaired) electrons. The molecule has 1 unspecified atom stereocenters. The third kappa shape index (κ3) is 4.12. The number of hydrogen-bond acceptors (Lipinski definition) is 4. The summed E-state index contributed by atoms with van der Waals surface area (Å²) in [4.78, 5) is 36.1. The van der Waals surface area contributed by atoms with E-state index in [1.807, 2.05) is 43.9 Å². The summed E-state index contributed by atoms with van der Waals surface area (Å²) in [6.07, 6.45) is 7.55. The van der Waals surface area contributed by atoms with Crippen LogP contribution in [0.1, 0.15) is 64.3 Å². The van der Waals surface area contributed by atoms with Crippen LogP contribution in [0, 0.1) is 5.41 Å². The van der Waals surface area contributed by atoms with Gasteiger partial charge in [0, 0.05) is 34.6 Å². The van der Waals surface area contributed by atoms with Crippen molar-refractivity contribution in [1.29, 1.82) is 0 Å². The number of dihydropyridines is 1. The molecular weight excluding hydrogens is 428 g/mol. The molecule has 0 spiro atoms. The Morgan fingerprint density at radius 3 is 2.65 bits per heavy atom. The Hall–Kier alpha value is -3.09. The predicted octanol–water partition coefficient (Wildman–Crippen LogP) is 4.69. The summed E-state index contributed by atoms with van der Waals surface area (Å²) in [5.41, 5.74) is 2.72. The minimum absolute atomic E-state index is 0.109. The number of fused-ring (bicyclic) bond motifs is 3. The highest BCUT2D eigenvalue weighted by Gasteiger charge is 2.46. The number of aromatic nitrogens is 1. The van der Waals surface area contributed by atoms with E-state index in [9.17, 15) is 9.59 Å². The zero-order valence-electron chi connectivity index (χ0n) is 20.5. The van der Waals surface area contributed by atoms with E-state index in [-0.39, 0.29) is 24.1 Å². The number of amides is 2. The van der Waals surface area contributed by atoms with Crippen molar-refractivity contribution < 1.29 is 14.3 Å². The van der Waals surface area contributed by atoms with Crippen LogP contribution in [-0.2, 0) is 16.0 Å². The van der Waals surface area contributed by atoms with Crippen LogP contribution in [0.2, 0.25) is 0 Å². The lowest BCUT2D eigenvalue weighted by Gasteiger charge is -2.45. The molecule has 7 nitrogen and oxygen atoms in total. The number of rotatable bonds is 3. The summed E-state index contributed by atoms with van der Waals surface area (Å²) in [5, 5.41) is 4.26. The number of hydrogen-bond donors (Lipinski definition) is 2. The van der Waals surface area contributed by atoms with E-state index >= 15 is 0 Å². The van der Waals surface area contributed by atoms with Crippen LogP contribution in [0.15, 0.2) is 41.4 Å². The third-order valence-electron chi connectivity index (χ3n) is 7.17. The Morgan fingerprint density at radius 2 is 2.00 bits per heavy atom. The summed E-state index contributed by atoms with van der Waals surface area (Å²) >= 11 is 0. The second-order valence-electron chi connectivity index (χ2n) is 11.0. The lowest BCUT2D eigenvalue weighted by Crippen LogP contribution is -2.50. The monoisotopic (exact) mass is 462 g/mol. The number of ether oxygens (including phenoxy) is 1. The number of H-pyrrole nitrogens is 1. The minimum Gasteiger partial charge on any atom is -0.444 e. The van der Waals surface area contributed by atoms with Crippen molar-refractivity contribution >= 4 is 28.6 Å². The summed E-state index contributed by atoms with van der Waals surface area (Å²) < 4.78 is 5.80. The molecule has 1 saturated carbocycles. The number of nitrogens with zero attached hydrogens (tertiary/aromatic N) is 2. The van der Waals surface area contributed by atoms with E-state index in [1.54, 1.807) is 0 Å². The molecule has 1 aliphatic carbocycles. The van der Waals surface area contributed by atoms with Crippen molar-refractivity contribution in [3.63, 3.8) is 0 Å². The summed E-state index contributed by atoms with van der Waals surface area (Å²) in [6, 6.07) is 8.25. The fourth-order valence-electron chi connectivity index (χ4n) is 5.21. The first-order chi connectivity index (χ1) is 16.1. The first kappa shape index (κ1) is 22.7. The highest BCUT2D eigenvalue weighted by atomic mass is 16.6. The van der Waals surface area contributed by atoms with Gasteiger partial charge in [0.05, 0.1) is 12.6 Å². The maximum Gasteiger partial charge on any atom is 0.410 e. The van der Waals surface area contributed by atoms with Crippen molar-refractivity contribution in [2.75, 3.05) is 13.1 Å². The smallest absolute Gasteiger partial charge is 0.410 e. The first-order valence-corrected chi connectivity index (χ1v) is 12.3. The standard InChI is InChI=1S/C27H34N4O3/c1-26(2,3)34-25(33)31-15-13-19-18-10-5-6-11-20(18)30-22(19)23(31)27(4)14-12-21(28-16-27)24(32)29-17-8-7-9-17/h5-6,10-12,14,17,23,30H,7-9,13,15-16H2,1-4H3,(H,29,32)/t23-,27?/m1/s1. The van der Waals surface area contributed by atoms with E-state index in [0.29, 0.717) is 18.8 Å². The zero-order valence-corrected chi connectivity index (χ0v) is 20.5. The average Bonchev–Trinajstić information content (AvgIpc) is 3.13. The quantitative estimate of drug-likeness (QED) is 0.694. The second-order valence-corrected chi connectivity index (χ2v) is 11.0. The number of aromatic amines is 1. The largest absolute Gasteiger partial charge is 0.444 e. The second kappa shape index (κ2) is 8.29. The molecule has 2 N–H and O–H groups in total. The van der Waals surface area contributed by atoms with E-state index in [2.05, 4.69) is 40.4 Å². The zero-order chi connectivity index (χ0) is 24.1. The van der Waals surface area contributed by atoms with Crippen molar-refractivity contribution in [2.45, 2.75) is 71.1 Å². The molecule has 3 heterocycles. The number of nitrogens with one attached hydrogen (secondary N) is 2.